The van der Waals surface area contributed by atoms with Crippen LogP contribution in [0.3, 0.4) is 0 Å². The predicted molar refractivity (Wildman–Crippen MR) is 133 cm³/mol. The second-order valence-electron chi connectivity index (χ2n) is 8.57. The number of piperidine rings is 1. The minimum atomic E-state index is -1.26. The SMILES string of the molecule is CCCC(c1ccccc1OC)N1CCC(c2noc3cc(F)ccc23)CC1.O=C(O)C=CC(=O)O. The van der Waals surface area contributed by atoms with Crippen molar-refractivity contribution in [1.82, 2.24) is 10.1 Å². The molecule has 3 aromatic rings. The maximum absolute atomic E-state index is 13.4. The Morgan fingerprint density at radius 1 is 1.17 bits per heavy atom. The van der Waals surface area contributed by atoms with E-state index >= 15 is 0 Å². The van der Waals surface area contributed by atoms with Crippen LogP contribution in [-0.4, -0.2) is 52.4 Å². The summed E-state index contributed by atoms with van der Waals surface area (Å²) in [5.41, 5.74) is 2.78. The first kappa shape index (κ1) is 26.9. The van der Waals surface area contributed by atoms with Crippen molar-refractivity contribution in [3.05, 3.63) is 71.7 Å². The molecule has 0 amide bonds. The maximum atomic E-state index is 13.4. The molecule has 1 unspecified atom stereocenters. The van der Waals surface area contributed by atoms with Crippen LogP contribution < -0.4 is 4.74 Å². The molecule has 4 rings (SSSR count). The Kier molecular flexibility index (Phi) is 9.58. The number of fused-ring (bicyclic) bond motifs is 1. The Morgan fingerprint density at radius 3 is 2.44 bits per heavy atom. The van der Waals surface area contributed by atoms with Gasteiger partial charge in [0.2, 0.25) is 0 Å². The molecule has 1 saturated heterocycles. The number of benzene rings is 2. The lowest BCUT2D eigenvalue weighted by Crippen LogP contribution is -2.36. The van der Waals surface area contributed by atoms with Crippen LogP contribution in [0.25, 0.3) is 11.0 Å². The summed E-state index contributed by atoms with van der Waals surface area (Å²) in [6, 6.07) is 13.4. The molecule has 0 saturated carbocycles. The average molecular weight is 499 g/mol. The van der Waals surface area contributed by atoms with Gasteiger partial charge in [-0.25, -0.2) is 14.0 Å². The first-order valence-corrected chi connectivity index (χ1v) is 11.9. The van der Waals surface area contributed by atoms with Crippen molar-refractivity contribution in [3.8, 4) is 5.75 Å². The molecule has 0 radical (unpaired) electrons. The van der Waals surface area contributed by atoms with Crippen molar-refractivity contribution in [3.63, 3.8) is 0 Å². The maximum Gasteiger partial charge on any atom is 0.328 e. The molecule has 1 fully saturated rings. The van der Waals surface area contributed by atoms with Crippen LogP contribution in [0, 0.1) is 5.82 Å². The van der Waals surface area contributed by atoms with Gasteiger partial charge >= 0.3 is 11.9 Å². The molecule has 1 aliphatic heterocycles. The molecule has 8 nitrogen and oxygen atoms in total. The summed E-state index contributed by atoms with van der Waals surface area (Å²) < 4.78 is 24.4. The number of carbonyl (C=O) groups is 2. The van der Waals surface area contributed by atoms with Gasteiger partial charge in [0.1, 0.15) is 11.6 Å². The molecule has 1 aliphatic rings. The third kappa shape index (κ3) is 6.91. The molecule has 2 N–H and O–H groups in total. The first-order valence-electron chi connectivity index (χ1n) is 11.9. The van der Waals surface area contributed by atoms with Crippen molar-refractivity contribution in [1.29, 1.82) is 0 Å². The summed E-state index contributed by atoms with van der Waals surface area (Å²) in [4.78, 5) is 21.7. The predicted octanol–water partition coefficient (Wildman–Crippen LogP) is 5.41. The zero-order valence-electron chi connectivity index (χ0n) is 20.4. The third-order valence-corrected chi connectivity index (χ3v) is 6.25. The largest absolute Gasteiger partial charge is 0.496 e. The second-order valence-corrected chi connectivity index (χ2v) is 8.57. The van der Waals surface area contributed by atoms with E-state index in [0.717, 1.165) is 55.6 Å². The van der Waals surface area contributed by atoms with Crippen LogP contribution >= 0.6 is 0 Å². The van der Waals surface area contributed by atoms with Crippen LogP contribution in [0.1, 0.15) is 55.8 Å². The van der Waals surface area contributed by atoms with Gasteiger partial charge in [-0.1, -0.05) is 36.7 Å². The minimum Gasteiger partial charge on any atom is -0.496 e. The van der Waals surface area contributed by atoms with Crippen LogP contribution in [-0.2, 0) is 9.59 Å². The second kappa shape index (κ2) is 12.8. The van der Waals surface area contributed by atoms with E-state index in [9.17, 15) is 14.0 Å². The first-order chi connectivity index (χ1) is 17.3. The fourth-order valence-corrected chi connectivity index (χ4v) is 4.60. The molecular weight excluding hydrogens is 467 g/mol. The van der Waals surface area contributed by atoms with Crippen molar-refractivity contribution in [2.75, 3.05) is 20.2 Å². The highest BCUT2D eigenvalue weighted by Crippen LogP contribution is 2.38. The number of aliphatic carboxylic acids is 2. The molecule has 0 aliphatic carbocycles. The quantitative estimate of drug-likeness (QED) is 0.397. The van der Waals surface area contributed by atoms with Crippen molar-refractivity contribution in [2.24, 2.45) is 0 Å². The highest BCUT2D eigenvalue weighted by atomic mass is 19.1. The van der Waals surface area contributed by atoms with Gasteiger partial charge in [-0.05, 0) is 50.6 Å². The van der Waals surface area contributed by atoms with E-state index in [2.05, 4.69) is 29.1 Å². The monoisotopic (exact) mass is 498 g/mol. The lowest BCUT2D eigenvalue weighted by atomic mass is 9.89. The van der Waals surface area contributed by atoms with Crippen molar-refractivity contribution < 1.29 is 33.5 Å². The smallest absolute Gasteiger partial charge is 0.328 e. The summed E-state index contributed by atoms with van der Waals surface area (Å²) in [6.45, 7) is 4.24. The standard InChI is InChI=1S/C23H27FN2O2.C4H4O4/c1-3-6-20(18-7-4-5-8-21(18)27-2)26-13-11-16(12-14-26)23-19-10-9-17(24)15-22(19)28-25-23;5-3(6)1-2-4(7)8/h4-5,7-10,15-16,20H,3,6,11-14H2,1-2H3;1-2H,(H,5,6)(H,7,8). The number of carboxylic acids is 2. The molecule has 0 spiro atoms. The summed E-state index contributed by atoms with van der Waals surface area (Å²) >= 11 is 0. The summed E-state index contributed by atoms with van der Waals surface area (Å²) in [6.07, 6.45) is 5.40. The van der Waals surface area contributed by atoms with E-state index in [4.69, 9.17) is 19.5 Å². The molecule has 36 heavy (non-hydrogen) atoms. The normalized spacial score (nSPS) is 15.4. The van der Waals surface area contributed by atoms with Crippen molar-refractivity contribution in [2.45, 2.75) is 44.6 Å². The van der Waals surface area contributed by atoms with E-state index in [1.807, 2.05) is 12.1 Å². The number of ether oxygens (including phenoxy) is 1. The van der Waals surface area contributed by atoms with Gasteiger partial charge in [-0.2, -0.15) is 0 Å². The molecule has 1 atom stereocenters. The van der Waals surface area contributed by atoms with Crippen LogP contribution in [0.2, 0.25) is 0 Å². The summed E-state index contributed by atoms with van der Waals surface area (Å²) in [5.74, 6) is -1.49. The molecular formula is C27H31FN2O6. The molecule has 2 aromatic carbocycles. The fraction of sp³-hybridized carbons (Fsp3) is 0.370. The Labute approximate surface area is 209 Å². The lowest BCUT2D eigenvalue weighted by Gasteiger charge is -2.38. The Hall–Kier alpha value is -3.72. The van der Waals surface area contributed by atoms with Crippen LogP contribution in [0.15, 0.2) is 59.1 Å². The zero-order valence-corrected chi connectivity index (χ0v) is 20.4. The number of para-hydroxylation sites is 1. The van der Waals surface area contributed by atoms with E-state index in [-0.39, 0.29) is 5.82 Å². The Morgan fingerprint density at radius 2 is 1.83 bits per heavy atom. The minimum absolute atomic E-state index is 0.288. The van der Waals surface area contributed by atoms with Gasteiger partial charge in [0.15, 0.2) is 5.58 Å². The number of methoxy groups -OCH3 is 1. The van der Waals surface area contributed by atoms with Crippen LogP contribution in [0.5, 0.6) is 5.75 Å². The topological polar surface area (TPSA) is 113 Å². The number of aromatic nitrogens is 1. The number of carboxylic acid groups (broad SMARTS) is 2. The molecule has 1 aromatic heterocycles. The van der Waals surface area contributed by atoms with Gasteiger partial charge in [0, 0.05) is 41.1 Å². The number of hydrogen-bond donors (Lipinski definition) is 2. The third-order valence-electron chi connectivity index (χ3n) is 6.25. The zero-order chi connectivity index (χ0) is 26.1. The summed E-state index contributed by atoms with van der Waals surface area (Å²) in [5, 5.41) is 20.8. The highest BCUT2D eigenvalue weighted by molar-refractivity contribution is 5.89. The number of hydrogen-bond acceptors (Lipinski definition) is 6. The molecule has 192 valence electrons. The van der Waals surface area contributed by atoms with Crippen molar-refractivity contribution >= 4 is 22.9 Å². The molecule has 9 heteroatoms. The molecule has 0 bridgehead atoms. The average Bonchev–Trinajstić information content (AvgIpc) is 3.29. The lowest BCUT2D eigenvalue weighted by molar-refractivity contribution is -0.134. The number of likely N-dealkylation sites (tertiary alicyclic amines) is 1. The van der Waals surface area contributed by atoms with Gasteiger partial charge < -0.3 is 19.5 Å². The Bertz CT molecular complexity index is 1180. The van der Waals surface area contributed by atoms with E-state index < -0.39 is 11.9 Å². The fourth-order valence-electron chi connectivity index (χ4n) is 4.60. The number of nitrogens with zero attached hydrogens (tertiary/aromatic N) is 2. The van der Waals surface area contributed by atoms with Gasteiger partial charge in [-0.3, -0.25) is 4.90 Å². The van der Waals surface area contributed by atoms with Gasteiger partial charge in [0.25, 0.3) is 0 Å². The van der Waals surface area contributed by atoms with Gasteiger partial charge in [-0.15, -0.1) is 0 Å². The highest BCUT2D eigenvalue weighted by Gasteiger charge is 2.30. The van der Waals surface area contributed by atoms with E-state index in [1.54, 1.807) is 13.2 Å². The van der Waals surface area contributed by atoms with E-state index in [0.29, 0.717) is 29.7 Å². The van der Waals surface area contributed by atoms with Gasteiger partial charge in [0.05, 0.1) is 12.8 Å². The molecule has 2 heterocycles. The summed E-state index contributed by atoms with van der Waals surface area (Å²) in [7, 11) is 1.74. The number of rotatable bonds is 8. The van der Waals surface area contributed by atoms with Crippen LogP contribution in [0.4, 0.5) is 4.39 Å². The van der Waals surface area contributed by atoms with E-state index in [1.165, 1.54) is 17.7 Å². The number of halogens is 1. The Balaban J connectivity index is 0.000000392.